The summed E-state index contributed by atoms with van der Waals surface area (Å²) in [6.45, 7) is -0.943. The summed E-state index contributed by atoms with van der Waals surface area (Å²) in [4.78, 5) is 16.9. The first-order valence-corrected chi connectivity index (χ1v) is 9.77. The molecule has 0 saturated heterocycles. The fraction of sp³-hybridized carbons (Fsp3) is 0.500. The first kappa shape index (κ1) is 21.5. The lowest BCUT2D eigenvalue weighted by Gasteiger charge is -2.26. The van der Waals surface area contributed by atoms with Gasteiger partial charge in [0.05, 0.1) is 18.7 Å². The molecule has 2 aliphatic heterocycles. The maximum absolute atomic E-state index is 12.9. The van der Waals surface area contributed by atoms with Crippen molar-refractivity contribution in [3.05, 3.63) is 47.0 Å². The molecule has 0 fully saturated rings. The van der Waals surface area contributed by atoms with Gasteiger partial charge in [-0.25, -0.2) is 13.8 Å². The van der Waals surface area contributed by atoms with Gasteiger partial charge in [0.1, 0.15) is 30.5 Å². The van der Waals surface area contributed by atoms with Crippen LogP contribution in [0.3, 0.4) is 0 Å². The SMILES string of the molecule is O=C(N[C@H]1COc2ccc(C(F)F)cc2C1)c1cn2c(n1)CCC(OCC(F)(F)F)C2. The number of hydrogen-bond acceptors (Lipinski definition) is 4. The van der Waals surface area contributed by atoms with E-state index in [1.54, 1.807) is 4.57 Å². The third-order valence-corrected chi connectivity index (χ3v) is 5.24. The first-order chi connectivity index (χ1) is 14.7. The quantitative estimate of drug-likeness (QED) is 0.717. The number of halogens is 5. The number of carbonyl (C=O) groups excluding carboxylic acids is 1. The average molecular weight is 445 g/mol. The van der Waals surface area contributed by atoms with Gasteiger partial charge in [0.25, 0.3) is 12.3 Å². The molecule has 0 aliphatic carbocycles. The second-order valence-corrected chi connectivity index (χ2v) is 7.63. The number of carbonyl (C=O) groups is 1. The van der Waals surface area contributed by atoms with Gasteiger partial charge in [0.15, 0.2) is 0 Å². The van der Waals surface area contributed by atoms with Gasteiger partial charge >= 0.3 is 6.18 Å². The third kappa shape index (κ3) is 5.15. The largest absolute Gasteiger partial charge is 0.491 e. The van der Waals surface area contributed by atoms with Crippen molar-refractivity contribution in [1.29, 1.82) is 0 Å². The van der Waals surface area contributed by atoms with Crippen molar-refractivity contribution in [3.8, 4) is 5.75 Å². The van der Waals surface area contributed by atoms with Crippen molar-refractivity contribution < 1.29 is 36.2 Å². The van der Waals surface area contributed by atoms with Crippen LogP contribution in [0.2, 0.25) is 0 Å². The maximum atomic E-state index is 12.9. The van der Waals surface area contributed by atoms with E-state index in [0.29, 0.717) is 36.4 Å². The first-order valence-electron chi connectivity index (χ1n) is 9.77. The molecular formula is C20H20F5N3O3. The van der Waals surface area contributed by atoms with Crippen molar-refractivity contribution in [2.75, 3.05) is 13.2 Å². The fourth-order valence-corrected chi connectivity index (χ4v) is 3.77. The highest BCUT2D eigenvalue weighted by Crippen LogP contribution is 2.30. The van der Waals surface area contributed by atoms with E-state index in [2.05, 4.69) is 10.3 Å². The molecular weight excluding hydrogens is 425 g/mol. The maximum Gasteiger partial charge on any atom is 0.411 e. The van der Waals surface area contributed by atoms with E-state index in [0.717, 1.165) is 0 Å². The zero-order valence-corrected chi connectivity index (χ0v) is 16.3. The molecule has 31 heavy (non-hydrogen) atoms. The summed E-state index contributed by atoms with van der Waals surface area (Å²) in [5.41, 5.74) is 0.611. The van der Waals surface area contributed by atoms with Gasteiger partial charge in [-0.3, -0.25) is 4.79 Å². The Morgan fingerprint density at radius 2 is 2.16 bits per heavy atom. The lowest BCUT2D eigenvalue weighted by molar-refractivity contribution is -0.188. The van der Waals surface area contributed by atoms with Crippen LogP contribution >= 0.6 is 0 Å². The Bertz CT molecular complexity index is 960. The molecule has 2 atom stereocenters. The molecule has 1 unspecified atom stereocenters. The monoisotopic (exact) mass is 445 g/mol. The van der Waals surface area contributed by atoms with E-state index >= 15 is 0 Å². The number of hydrogen-bond donors (Lipinski definition) is 1. The van der Waals surface area contributed by atoms with Crippen LogP contribution in [0.25, 0.3) is 0 Å². The summed E-state index contributed by atoms with van der Waals surface area (Å²) in [6.07, 6.45) is -4.99. The summed E-state index contributed by atoms with van der Waals surface area (Å²) < 4.78 is 75.0. The molecule has 168 valence electrons. The summed E-state index contributed by atoms with van der Waals surface area (Å²) in [6, 6.07) is 3.75. The van der Waals surface area contributed by atoms with E-state index in [9.17, 15) is 26.7 Å². The van der Waals surface area contributed by atoms with Crippen LogP contribution < -0.4 is 10.1 Å². The number of amides is 1. The molecule has 0 spiro atoms. The number of nitrogens with one attached hydrogen (secondary N) is 1. The highest BCUT2D eigenvalue weighted by atomic mass is 19.4. The summed E-state index contributed by atoms with van der Waals surface area (Å²) in [7, 11) is 0. The molecule has 2 aromatic rings. The van der Waals surface area contributed by atoms with Gasteiger partial charge < -0.3 is 19.4 Å². The number of ether oxygens (including phenoxy) is 2. The van der Waals surface area contributed by atoms with Crippen LogP contribution in [-0.4, -0.2) is 47.0 Å². The van der Waals surface area contributed by atoms with Crippen LogP contribution in [0.1, 0.15) is 40.3 Å². The molecule has 0 saturated carbocycles. The lowest BCUT2D eigenvalue weighted by atomic mass is 10.00. The van der Waals surface area contributed by atoms with Crippen LogP contribution in [0.15, 0.2) is 24.4 Å². The average Bonchev–Trinajstić information content (AvgIpc) is 3.15. The minimum atomic E-state index is -4.39. The Labute approximate surface area is 174 Å². The molecule has 4 rings (SSSR count). The molecule has 11 heteroatoms. The molecule has 1 aromatic carbocycles. The fourth-order valence-electron chi connectivity index (χ4n) is 3.77. The number of imidazole rings is 1. The summed E-state index contributed by atoms with van der Waals surface area (Å²) >= 11 is 0. The summed E-state index contributed by atoms with van der Waals surface area (Å²) in [5.74, 6) is 0.651. The van der Waals surface area contributed by atoms with E-state index in [1.165, 1.54) is 24.4 Å². The number of rotatable bonds is 5. The highest BCUT2D eigenvalue weighted by molar-refractivity contribution is 5.92. The highest BCUT2D eigenvalue weighted by Gasteiger charge is 2.31. The second kappa shape index (κ2) is 8.45. The van der Waals surface area contributed by atoms with Crippen LogP contribution in [0.4, 0.5) is 22.0 Å². The van der Waals surface area contributed by atoms with Crippen molar-refractivity contribution >= 4 is 5.91 Å². The molecule has 6 nitrogen and oxygen atoms in total. The van der Waals surface area contributed by atoms with Crippen LogP contribution in [0.5, 0.6) is 5.75 Å². The number of aryl methyl sites for hydroxylation is 1. The molecule has 1 N–H and O–H groups in total. The van der Waals surface area contributed by atoms with Crippen molar-refractivity contribution in [2.45, 2.75) is 50.6 Å². The van der Waals surface area contributed by atoms with Gasteiger partial charge in [-0.15, -0.1) is 0 Å². The smallest absolute Gasteiger partial charge is 0.411 e. The molecule has 0 radical (unpaired) electrons. The number of benzene rings is 1. The molecule has 2 aliphatic rings. The van der Waals surface area contributed by atoms with Crippen LogP contribution in [0, 0.1) is 0 Å². The van der Waals surface area contributed by atoms with E-state index in [-0.39, 0.29) is 24.4 Å². The normalized spacial score (nSPS) is 20.7. The predicted octanol–water partition coefficient (Wildman–Crippen LogP) is 3.45. The van der Waals surface area contributed by atoms with Gasteiger partial charge in [-0.1, -0.05) is 0 Å². The number of aromatic nitrogens is 2. The van der Waals surface area contributed by atoms with Gasteiger partial charge in [-0.2, -0.15) is 13.2 Å². The predicted molar refractivity (Wildman–Crippen MR) is 98.2 cm³/mol. The molecule has 1 amide bonds. The van der Waals surface area contributed by atoms with Crippen molar-refractivity contribution in [1.82, 2.24) is 14.9 Å². The minimum Gasteiger partial charge on any atom is -0.491 e. The Balaban J connectivity index is 1.37. The second-order valence-electron chi connectivity index (χ2n) is 7.63. The van der Waals surface area contributed by atoms with Gasteiger partial charge in [0, 0.05) is 18.2 Å². The number of alkyl halides is 5. The minimum absolute atomic E-state index is 0.113. The Hall–Kier alpha value is -2.69. The van der Waals surface area contributed by atoms with Crippen molar-refractivity contribution in [3.63, 3.8) is 0 Å². The molecule has 1 aromatic heterocycles. The molecule has 3 heterocycles. The number of fused-ring (bicyclic) bond motifs is 2. The van der Waals surface area contributed by atoms with E-state index in [4.69, 9.17) is 9.47 Å². The Kier molecular flexibility index (Phi) is 5.87. The van der Waals surface area contributed by atoms with Crippen molar-refractivity contribution in [2.24, 2.45) is 0 Å². The zero-order valence-electron chi connectivity index (χ0n) is 16.3. The lowest BCUT2D eigenvalue weighted by Crippen LogP contribution is -2.42. The zero-order chi connectivity index (χ0) is 22.2. The summed E-state index contributed by atoms with van der Waals surface area (Å²) in [5, 5.41) is 2.78. The Morgan fingerprint density at radius 3 is 2.90 bits per heavy atom. The van der Waals surface area contributed by atoms with E-state index in [1.807, 2.05) is 0 Å². The van der Waals surface area contributed by atoms with Crippen LogP contribution in [-0.2, 0) is 24.1 Å². The number of nitrogens with zero attached hydrogens (tertiary/aromatic N) is 2. The Morgan fingerprint density at radius 1 is 1.35 bits per heavy atom. The molecule has 0 bridgehead atoms. The van der Waals surface area contributed by atoms with E-state index < -0.39 is 37.3 Å². The topological polar surface area (TPSA) is 65.4 Å². The van der Waals surface area contributed by atoms with Gasteiger partial charge in [-0.05, 0) is 36.6 Å². The third-order valence-electron chi connectivity index (χ3n) is 5.24. The standard InChI is InChI=1S/C20H20F5N3O3/c21-18(22)11-1-3-16-12(5-11)6-13(9-30-16)26-19(29)15-8-28-7-14(2-4-17(28)27-15)31-10-20(23,24)25/h1,3,5,8,13-14,18H,2,4,6-7,9-10H2,(H,26,29)/t13-,14?/m1/s1. The van der Waals surface area contributed by atoms with Gasteiger partial charge in [0.2, 0.25) is 0 Å².